The third kappa shape index (κ3) is 4.00. The van der Waals surface area contributed by atoms with Gasteiger partial charge in [-0.15, -0.1) is 0 Å². The molecule has 4 fully saturated rings. The molecule has 0 radical (unpaired) electrons. The topological polar surface area (TPSA) is 55.9 Å². The average molecular weight is 363 g/mol. The number of amides is 3. The van der Waals surface area contributed by atoms with Crippen LogP contribution in [-0.2, 0) is 4.79 Å². The van der Waals surface area contributed by atoms with Gasteiger partial charge >= 0.3 is 6.03 Å². The number of urea groups is 1. The predicted molar refractivity (Wildman–Crippen MR) is 101 cm³/mol. The van der Waals surface area contributed by atoms with Gasteiger partial charge in [-0.2, -0.15) is 0 Å². The third-order valence-corrected chi connectivity index (χ3v) is 6.87. The molecule has 1 N–H and O–H groups in total. The fourth-order valence-corrected chi connectivity index (χ4v) is 4.86. The molecule has 0 aromatic carbocycles. The van der Waals surface area contributed by atoms with E-state index in [0.717, 1.165) is 51.5 Å². The Bertz CT molecular complexity index is 510. The molecule has 0 aromatic heterocycles. The van der Waals surface area contributed by atoms with Crippen LogP contribution in [0, 0.1) is 5.92 Å². The van der Waals surface area contributed by atoms with Gasteiger partial charge in [0.1, 0.15) is 0 Å². The van der Waals surface area contributed by atoms with E-state index >= 15 is 0 Å². The van der Waals surface area contributed by atoms with E-state index in [1.54, 1.807) is 0 Å². The largest absolute Gasteiger partial charge is 0.350 e. The SMILES string of the molecule is O=C(NC1CN(C(=O)N2CCCN(C3CCC3)CC2)C1)C1CCCCC1. The molecule has 0 bridgehead atoms. The molecule has 26 heavy (non-hydrogen) atoms. The van der Waals surface area contributed by atoms with Gasteiger partial charge in [-0.25, -0.2) is 4.79 Å². The van der Waals surface area contributed by atoms with Crippen LogP contribution in [-0.4, -0.2) is 78.0 Å². The summed E-state index contributed by atoms with van der Waals surface area (Å²) < 4.78 is 0. The highest BCUT2D eigenvalue weighted by Crippen LogP contribution is 2.26. The standard InChI is InChI=1S/C20H34N4O2/c25-19(16-6-2-1-3-7-16)21-17-14-24(15-17)20(26)23-11-5-10-22(12-13-23)18-8-4-9-18/h16-18H,1-15H2,(H,21,25). The smallest absolute Gasteiger partial charge is 0.320 e. The second-order valence-corrected chi connectivity index (χ2v) is 8.69. The molecule has 2 heterocycles. The van der Waals surface area contributed by atoms with Crippen LogP contribution in [0.4, 0.5) is 4.79 Å². The molecule has 2 aliphatic heterocycles. The van der Waals surface area contributed by atoms with Crippen molar-refractivity contribution < 1.29 is 9.59 Å². The van der Waals surface area contributed by atoms with E-state index in [4.69, 9.17) is 0 Å². The lowest BCUT2D eigenvalue weighted by Crippen LogP contribution is -2.64. The normalized spacial score (nSPS) is 26.8. The molecule has 4 aliphatic rings. The summed E-state index contributed by atoms with van der Waals surface area (Å²) in [7, 11) is 0. The highest BCUT2D eigenvalue weighted by molar-refractivity contribution is 5.80. The fraction of sp³-hybridized carbons (Fsp3) is 0.900. The first kappa shape index (κ1) is 18.1. The monoisotopic (exact) mass is 362 g/mol. The van der Waals surface area contributed by atoms with Crippen molar-refractivity contribution in [1.82, 2.24) is 20.0 Å². The molecule has 0 aromatic rings. The Morgan fingerprint density at radius 2 is 1.50 bits per heavy atom. The molecule has 2 saturated carbocycles. The molecule has 0 spiro atoms. The van der Waals surface area contributed by atoms with Crippen LogP contribution in [0.2, 0.25) is 0 Å². The van der Waals surface area contributed by atoms with Gasteiger partial charge in [0.2, 0.25) is 5.91 Å². The van der Waals surface area contributed by atoms with Crippen molar-refractivity contribution >= 4 is 11.9 Å². The minimum atomic E-state index is 0.159. The Labute approximate surface area is 157 Å². The molecule has 4 rings (SSSR count). The maximum atomic E-state index is 12.7. The quantitative estimate of drug-likeness (QED) is 0.836. The average Bonchev–Trinajstić information content (AvgIpc) is 2.82. The lowest BCUT2D eigenvalue weighted by molar-refractivity contribution is -0.127. The molecule has 2 aliphatic carbocycles. The first-order chi connectivity index (χ1) is 12.7. The van der Waals surface area contributed by atoms with Crippen molar-refractivity contribution in [2.45, 2.75) is 69.9 Å². The van der Waals surface area contributed by atoms with E-state index in [0.29, 0.717) is 13.1 Å². The molecule has 0 atom stereocenters. The van der Waals surface area contributed by atoms with Gasteiger partial charge in [-0.3, -0.25) is 9.69 Å². The van der Waals surface area contributed by atoms with Gasteiger partial charge in [-0.1, -0.05) is 25.7 Å². The number of carbonyl (C=O) groups excluding carboxylic acids is 2. The van der Waals surface area contributed by atoms with E-state index < -0.39 is 0 Å². The predicted octanol–water partition coefficient (Wildman–Crippen LogP) is 2.05. The maximum absolute atomic E-state index is 12.7. The van der Waals surface area contributed by atoms with Crippen LogP contribution in [0.25, 0.3) is 0 Å². The number of likely N-dealkylation sites (tertiary alicyclic amines) is 1. The van der Waals surface area contributed by atoms with Gasteiger partial charge in [0.05, 0.1) is 6.04 Å². The lowest BCUT2D eigenvalue weighted by atomic mass is 9.88. The maximum Gasteiger partial charge on any atom is 0.320 e. The van der Waals surface area contributed by atoms with E-state index in [-0.39, 0.29) is 23.9 Å². The third-order valence-electron chi connectivity index (χ3n) is 6.87. The summed E-state index contributed by atoms with van der Waals surface area (Å²) in [5, 5.41) is 3.16. The summed E-state index contributed by atoms with van der Waals surface area (Å²) in [6, 6.07) is 1.10. The van der Waals surface area contributed by atoms with Crippen LogP contribution >= 0.6 is 0 Å². The summed E-state index contributed by atoms with van der Waals surface area (Å²) in [6.45, 7) is 5.24. The minimum absolute atomic E-state index is 0.159. The van der Waals surface area contributed by atoms with Gasteiger partial charge in [0.25, 0.3) is 0 Å². The summed E-state index contributed by atoms with van der Waals surface area (Å²) in [6.07, 6.45) is 10.8. The number of nitrogens with zero attached hydrogens (tertiary/aromatic N) is 3. The second kappa shape index (κ2) is 8.15. The van der Waals surface area contributed by atoms with Crippen molar-refractivity contribution in [3.05, 3.63) is 0 Å². The van der Waals surface area contributed by atoms with Gasteiger partial charge < -0.3 is 15.1 Å². The Morgan fingerprint density at radius 3 is 2.19 bits per heavy atom. The van der Waals surface area contributed by atoms with E-state index in [1.165, 1.54) is 38.5 Å². The van der Waals surface area contributed by atoms with Crippen LogP contribution in [0.15, 0.2) is 0 Å². The van der Waals surface area contributed by atoms with Gasteiger partial charge in [0, 0.05) is 51.2 Å². The van der Waals surface area contributed by atoms with Crippen molar-refractivity contribution in [1.29, 1.82) is 0 Å². The molecule has 6 heteroatoms. The summed E-state index contributed by atoms with van der Waals surface area (Å²) in [5.41, 5.74) is 0. The first-order valence-electron chi connectivity index (χ1n) is 10.8. The molecule has 6 nitrogen and oxygen atoms in total. The van der Waals surface area contributed by atoms with E-state index in [9.17, 15) is 9.59 Å². The Morgan fingerprint density at radius 1 is 0.731 bits per heavy atom. The molecule has 0 unspecified atom stereocenters. The number of carbonyl (C=O) groups is 2. The number of rotatable bonds is 3. The Hall–Kier alpha value is -1.30. The zero-order valence-electron chi connectivity index (χ0n) is 16.0. The van der Waals surface area contributed by atoms with E-state index in [2.05, 4.69) is 10.2 Å². The van der Waals surface area contributed by atoms with Gasteiger partial charge in [0.15, 0.2) is 0 Å². The van der Waals surface area contributed by atoms with Crippen LogP contribution in [0.5, 0.6) is 0 Å². The van der Waals surface area contributed by atoms with Crippen LogP contribution in [0.3, 0.4) is 0 Å². The Balaban J connectivity index is 1.18. The molecule has 146 valence electrons. The molecule has 3 amide bonds. The van der Waals surface area contributed by atoms with Crippen LogP contribution in [0.1, 0.15) is 57.8 Å². The molecular formula is C20H34N4O2. The highest BCUT2D eigenvalue weighted by atomic mass is 16.2. The molecular weight excluding hydrogens is 328 g/mol. The van der Waals surface area contributed by atoms with Crippen molar-refractivity contribution in [2.75, 3.05) is 39.3 Å². The zero-order valence-corrected chi connectivity index (χ0v) is 16.0. The number of hydrogen-bond donors (Lipinski definition) is 1. The summed E-state index contributed by atoms with van der Waals surface area (Å²) >= 11 is 0. The lowest BCUT2D eigenvalue weighted by Gasteiger charge is -2.42. The summed E-state index contributed by atoms with van der Waals surface area (Å²) in [4.78, 5) is 31.6. The second-order valence-electron chi connectivity index (χ2n) is 8.69. The highest BCUT2D eigenvalue weighted by Gasteiger charge is 2.36. The number of nitrogens with one attached hydrogen (secondary N) is 1. The van der Waals surface area contributed by atoms with Crippen LogP contribution < -0.4 is 5.32 Å². The minimum Gasteiger partial charge on any atom is -0.350 e. The van der Waals surface area contributed by atoms with Gasteiger partial charge in [-0.05, 0) is 32.1 Å². The number of hydrogen-bond acceptors (Lipinski definition) is 3. The Kier molecular flexibility index (Phi) is 5.67. The summed E-state index contributed by atoms with van der Waals surface area (Å²) in [5.74, 6) is 0.421. The first-order valence-corrected chi connectivity index (χ1v) is 10.8. The van der Waals surface area contributed by atoms with E-state index in [1.807, 2.05) is 9.80 Å². The zero-order chi connectivity index (χ0) is 17.9. The fourth-order valence-electron chi connectivity index (χ4n) is 4.86. The molecule has 2 saturated heterocycles. The van der Waals surface area contributed by atoms with Crippen molar-refractivity contribution in [2.24, 2.45) is 5.92 Å². The van der Waals surface area contributed by atoms with Crippen molar-refractivity contribution in [3.8, 4) is 0 Å². The van der Waals surface area contributed by atoms with Crippen molar-refractivity contribution in [3.63, 3.8) is 0 Å².